The van der Waals surface area contributed by atoms with Gasteiger partial charge in [0, 0.05) is 23.7 Å². The number of aryl methyl sites for hydroxylation is 2. The average molecular weight is 370 g/mol. The molecule has 140 valence electrons. The van der Waals surface area contributed by atoms with Gasteiger partial charge in [-0.25, -0.2) is 9.97 Å². The molecule has 0 bridgehead atoms. The lowest BCUT2D eigenvalue weighted by Gasteiger charge is -2.17. The number of aromatic nitrogens is 3. The summed E-state index contributed by atoms with van der Waals surface area (Å²) in [6.07, 6.45) is 1.72. The van der Waals surface area contributed by atoms with Gasteiger partial charge < -0.3 is 10.3 Å². The topological polar surface area (TPSA) is 70.7 Å². The summed E-state index contributed by atoms with van der Waals surface area (Å²) >= 11 is 0. The maximum Gasteiger partial charge on any atom is 0.247 e. The zero-order chi connectivity index (χ0) is 19.7. The Morgan fingerprint density at radius 1 is 0.964 bits per heavy atom. The first-order valence-corrected chi connectivity index (χ1v) is 9.30. The molecule has 5 heteroatoms. The Morgan fingerprint density at radius 3 is 2.54 bits per heavy atom. The van der Waals surface area contributed by atoms with E-state index in [1.807, 2.05) is 25.1 Å². The Balaban J connectivity index is 1.77. The highest BCUT2D eigenvalue weighted by Gasteiger charge is 2.12. The summed E-state index contributed by atoms with van der Waals surface area (Å²) in [5.74, 6) is 1.53. The molecule has 0 saturated carbocycles. The van der Waals surface area contributed by atoms with Crippen LogP contribution in [0.5, 0.6) is 0 Å². The van der Waals surface area contributed by atoms with Gasteiger partial charge in [0.25, 0.3) is 0 Å². The van der Waals surface area contributed by atoms with E-state index in [4.69, 9.17) is 0 Å². The second-order valence-electron chi connectivity index (χ2n) is 7.07. The van der Waals surface area contributed by atoms with E-state index in [-0.39, 0.29) is 11.6 Å². The molecule has 0 radical (unpaired) electrons. The van der Waals surface area contributed by atoms with Gasteiger partial charge in [-0.05, 0) is 55.7 Å². The van der Waals surface area contributed by atoms with Crippen LogP contribution in [-0.4, -0.2) is 15.0 Å². The minimum atomic E-state index is -0.113. The van der Waals surface area contributed by atoms with E-state index in [2.05, 4.69) is 64.4 Å². The summed E-state index contributed by atoms with van der Waals surface area (Å²) in [5.41, 5.74) is 5.16. The summed E-state index contributed by atoms with van der Waals surface area (Å²) in [6, 6.07) is 18.0. The number of anilines is 1. The smallest absolute Gasteiger partial charge is 0.247 e. The molecule has 2 N–H and O–H groups in total. The average Bonchev–Trinajstić information content (AvgIpc) is 2.68. The number of hydrogen-bond donors (Lipinski definition) is 2. The molecule has 4 aromatic rings. The zero-order valence-electron chi connectivity index (χ0n) is 16.2. The van der Waals surface area contributed by atoms with E-state index < -0.39 is 0 Å². The number of H-pyrrole nitrogens is 1. The Hall–Kier alpha value is -3.47. The van der Waals surface area contributed by atoms with Crippen molar-refractivity contribution in [2.24, 2.45) is 0 Å². The van der Waals surface area contributed by atoms with Crippen LogP contribution in [0.2, 0.25) is 0 Å². The fraction of sp³-hybridized carbons (Fsp3) is 0.174. The van der Waals surface area contributed by atoms with E-state index in [9.17, 15) is 4.79 Å². The van der Waals surface area contributed by atoms with Gasteiger partial charge in [-0.15, -0.1) is 0 Å². The van der Waals surface area contributed by atoms with Crippen LogP contribution in [-0.2, 0) is 0 Å². The van der Waals surface area contributed by atoms with Crippen LogP contribution in [0.25, 0.3) is 22.0 Å². The Kier molecular flexibility index (Phi) is 4.65. The molecular weight excluding hydrogens is 348 g/mol. The van der Waals surface area contributed by atoms with Gasteiger partial charge in [-0.1, -0.05) is 35.9 Å². The highest BCUT2D eigenvalue weighted by Crippen LogP contribution is 2.29. The molecule has 1 atom stereocenters. The highest BCUT2D eigenvalue weighted by molar-refractivity contribution is 5.92. The van der Waals surface area contributed by atoms with Crippen LogP contribution in [0, 0.1) is 13.8 Å². The predicted molar refractivity (Wildman–Crippen MR) is 114 cm³/mol. The molecule has 0 amide bonds. The summed E-state index contributed by atoms with van der Waals surface area (Å²) in [5, 5.41) is 4.50. The van der Waals surface area contributed by atoms with Crippen molar-refractivity contribution >= 4 is 16.7 Å². The number of benzene rings is 2. The molecule has 0 aliphatic carbocycles. The Bertz CT molecular complexity index is 1190. The minimum absolute atomic E-state index is 0.106. The molecule has 2 aromatic carbocycles. The van der Waals surface area contributed by atoms with E-state index in [1.165, 1.54) is 17.2 Å². The van der Waals surface area contributed by atoms with Gasteiger partial charge in [0.15, 0.2) is 0 Å². The summed E-state index contributed by atoms with van der Waals surface area (Å²) < 4.78 is 0. The molecule has 0 aliphatic heterocycles. The third-order valence-electron chi connectivity index (χ3n) is 4.82. The van der Waals surface area contributed by atoms with Crippen molar-refractivity contribution in [1.29, 1.82) is 0 Å². The number of hydrogen-bond acceptors (Lipinski definition) is 4. The van der Waals surface area contributed by atoms with Crippen molar-refractivity contribution < 1.29 is 0 Å². The van der Waals surface area contributed by atoms with Crippen molar-refractivity contribution in [3.05, 3.63) is 88.1 Å². The standard InChI is InChI=1S/C23H22N4O/c1-14-5-4-6-17(11-14)15(2)25-23-20-12-18(19-8-10-22(28)24-13-19)7-9-21(20)26-16(3)27-23/h4-13,15H,1-3H3,(H,24,28)(H,25,26,27)/t15-/m1/s1. The van der Waals surface area contributed by atoms with Gasteiger partial charge in [0.1, 0.15) is 11.6 Å². The molecule has 0 aliphatic rings. The van der Waals surface area contributed by atoms with E-state index >= 15 is 0 Å². The molecule has 5 nitrogen and oxygen atoms in total. The van der Waals surface area contributed by atoms with Crippen LogP contribution in [0.15, 0.2) is 65.6 Å². The Morgan fingerprint density at radius 2 is 1.79 bits per heavy atom. The minimum Gasteiger partial charge on any atom is -0.363 e. The first kappa shape index (κ1) is 17.9. The van der Waals surface area contributed by atoms with Gasteiger partial charge in [0.05, 0.1) is 5.52 Å². The monoisotopic (exact) mass is 370 g/mol. The van der Waals surface area contributed by atoms with Crippen LogP contribution >= 0.6 is 0 Å². The van der Waals surface area contributed by atoms with Gasteiger partial charge in [-0.2, -0.15) is 0 Å². The summed E-state index contributed by atoms with van der Waals surface area (Å²) in [6.45, 7) is 6.12. The molecular formula is C23H22N4O. The van der Waals surface area contributed by atoms with Crippen molar-refractivity contribution in [3.8, 4) is 11.1 Å². The van der Waals surface area contributed by atoms with Gasteiger partial charge >= 0.3 is 0 Å². The molecule has 4 rings (SSSR count). The second kappa shape index (κ2) is 7.27. The summed E-state index contributed by atoms with van der Waals surface area (Å²) in [7, 11) is 0. The van der Waals surface area contributed by atoms with Crippen LogP contribution in [0.4, 0.5) is 5.82 Å². The van der Waals surface area contributed by atoms with E-state index in [0.29, 0.717) is 0 Å². The molecule has 2 aromatic heterocycles. The normalized spacial score (nSPS) is 12.1. The van der Waals surface area contributed by atoms with Crippen molar-refractivity contribution in [2.75, 3.05) is 5.32 Å². The lowest BCUT2D eigenvalue weighted by Crippen LogP contribution is -2.09. The number of nitrogens with zero attached hydrogens (tertiary/aromatic N) is 2. The number of fused-ring (bicyclic) bond motifs is 1. The molecule has 0 fully saturated rings. The largest absolute Gasteiger partial charge is 0.363 e. The molecule has 2 heterocycles. The van der Waals surface area contributed by atoms with Crippen LogP contribution in [0.1, 0.15) is 29.9 Å². The molecule has 0 saturated heterocycles. The van der Waals surface area contributed by atoms with Crippen LogP contribution in [0.3, 0.4) is 0 Å². The van der Waals surface area contributed by atoms with Crippen molar-refractivity contribution in [1.82, 2.24) is 15.0 Å². The molecule has 28 heavy (non-hydrogen) atoms. The third kappa shape index (κ3) is 3.64. The summed E-state index contributed by atoms with van der Waals surface area (Å²) in [4.78, 5) is 23.3. The van der Waals surface area contributed by atoms with E-state index in [0.717, 1.165) is 33.7 Å². The molecule has 0 spiro atoms. The Labute approximate surface area is 163 Å². The maximum atomic E-state index is 11.4. The highest BCUT2D eigenvalue weighted by atomic mass is 16.1. The van der Waals surface area contributed by atoms with Gasteiger partial charge in [0.2, 0.25) is 5.56 Å². The number of nitrogens with one attached hydrogen (secondary N) is 2. The van der Waals surface area contributed by atoms with Crippen molar-refractivity contribution in [2.45, 2.75) is 26.8 Å². The zero-order valence-corrected chi connectivity index (χ0v) is 16.2. The first-order chi connectivity index (χ1) is 13.5. The quantitative estimate of drug-likeness (QED) is 0.543. The SMILES string of the molecule is Cc1cccc([C@@H](C)Nc2nc(C)nc3ccc(-c4ccc(=O)[nH]c4)cc23)c1. The molecule has 0 unspecified atom stereocenters. The number of pyridine rings is 1. The number of aromatic amines is 1. The lowest BCUT2D eigenvalue weighted by atomic mass is 10.0. The van der Waals surface area contributed by atoms with Crippen LogP contribution < -0.4 is 10.9 Å². The fourth-order valence-electron chi connectivity index (χ4n) is 3.35. The van der Waals surface area contributed by atoms with Crippen molar-refractivity contribution in [3.63, 3.8) is 0 Å². The van der Waals surface area contributed by atoms with Gasteiger partial charge in [-0.3, -0.25) is 4.79 Å². The predicted octanol–water partition coefficient (Wildman–Crippen LogP) is 4.78. The first-order valence-electron chi connectivity index (χ1n) is 9.30. The van der Waals surface area contributed by atoms with E-state index in [1.54, 1.807) is 6.20 Å². The fourth-order valence-corrected chi connectivity index (χ4v) is 3.35. The number of rotatable bonds is 4. The second-order valence-corrected chi connectivity index (χ2v) is 7.07. The maximum absolute atomic E-state index is 11.4. The lowest BCUT2D eigenvalue weighted by molar-refractivity contribution is 0.870. The third-order valence-corrected chi connectivity index (χ3v) is 4.82.